The van der Waals surface area contributed by atoms with Crippen LogP contribution in [0.1, 0.15) is 46.0 Å². The molecule has 0 aromatic carbocycles. The van der Waals surface area contributed by atoms with Crippen LogP contribution in [0.4, 0.5) is 0 Å². The van der Waals surface area contributed by atoms with Crippen LogP contribution in [0, 0.1) is 0 Å². The van der Waals surface area contributed by atoms with E-state index < -0.39 is 0 Å². The van der Waals surface area contributed by atoms with Crippen molar-refractivity contribution >= 4 is 5.78 Å². The van der Waals surface area contributed by atoms with Gasteiger partial charge in [-0.3, -0.25) is 4.79 Å². The highest BCUT2D eigenvalue weighted by atomic mass is 16.1. The Morgan fingerprint density at radius 1 is 1.08 bits per heavy atom. The Kier molecular flexibility index (Phi) is 3.94. The zero-order chi connectivity index (χ0) is 9.68. The molecule has 0 saturated heterocycles. The Labute approximate surface area is 80.5 Å². The van der Waals surface area contributed by atoms with Crippen molar-refractivity contribution in [2.45, 2.75) is 46.0 Å². The van der Waals surface area contributed by atoms with E-state index in [1.165, 1.54) is 11.1 Å². The predicted molar refractivity (Wildman–Crippen MR) is 55.6 cm³/mol. The van der Waals surface area contributed by atoms with Crippen LogP contribution < -0.4 is 0 Å². The molecule has 0 heterocycles. The van der Waals surface area contributed by atoms with E-state index in [1.54, 1.807) is 0 Å². The molecule has 1 aliphatic carbocycles. The summed E-state index contributed by atoms with van der Waals surface area (Å²) in [6.07, 6.45) is 9.03. The predicted octanol–water partition coefficient (Wildman–Crippen LogP) is 3.41. The molecule has 0 N–H and O–H groups in total. The van der Waals surface area contributed by atoms with Crippen molar-refractivity contribution in [3.63, 3.8) is 0 Å². The summed E-state index contributed by atoms with van der Waals surface area (Å²) in [7, 11) is 0. The van der Waals surface area contributed by atoms with Crippen LogP contribution in [0.15, 0.2) is 23.3 Å². The molecule has 0 atom stereocenters. The fourth-order valence-corrected chi connectivity index (χ4v) is 1.61. The average molecular weight is 178 g/mol. The maximum Gasteiger partial charge on any atom is 0.155 e. The van der Waals surface area contributed by atoms with Crippen molar-refractivity contribution in [1.82, 2.24) is 0 Å². The summed E-state index contributed by atoms with van der Waals surface area (Å²) in [6.45, 7) is 4.20. The number of allylic oxidation sites excluding steroid dienone is 4. The van der Waals surface area contributed by atoms with Gasteiger partial charge in [0.2, 0.25) is 0 Å². The highest BCUT2D eigenvalue weighted by molar-refractivity contribution is 5.90. The molecule has 13 heavy (non-hydrogen) atoms. The molecule has 1 rings (SSSR count). The molecule has 0 bridgehead atoms. The monoisotopic (exact) mass is 178 g/mol. The number of ketones is 1. The van der Waals surface area contributed by atoms with Gasteiger partial charge in [-0.2, -0.15) is 0 Å². The lowest BCUT2D eigenvalue weighted by molar-refractivity contribution is -0.114. The minimum Gasteiger partial charge on any atom is -0.295 e. The molecule has 0 aliphatic heterocycles. The molecule has 1 heteroatoms. The normalized spacial score (nSPS) is 28.6. The molecule has 0 aromatic heterocycles. The zero-order valence-corrected chi connectivity index (χ0v) is 8.60. The molecule has 0 unspecified atom stereocenters. The Bertz CT molecular complexity index is 246. The van der Waals surface area contributed by atoms with Gasteiger partial charge in [-0.05, 0) is 45.6 Å². The first-order valence-corrected chi connectivity index (χ1v) is 5.04. The van der Waals surface area contributed by atoms with E-state index in [-0.39, 0.29) is 0 Å². The summed E-state index contributed by atoms with van der Waals surface area (Å²) in [5.74, 6) is 0.298. The minimum atomic E-state index is 0.298. The van der Waals surface area contributed by atoms with Gasteiger partial charge in [-0.1, -0.05) is 17.2 Å². The maximum atomic E-state index is 11.3. The molecule has 0 spiro atoms. The van der Waals surface area contributed by atoms with Crippen LogP contribution in [0.2, 0.25) is 0 Å². The summed E-state index contributed by atoms with van der Waals surface area (Å²) in [5, 5.41) is 0. The van der Waals surface area contributed by atoms with Crippen LogP contribution in [-0.4, -0.2) is 5.78 Å². The van der Waals surface area contributed by atoms with Gasteiger partial charge in [0.05, 0.1) is 0 Å². The van der Waals surface area contributed by atoms with Crippen molar-refractivity contribution in [3.8, 4) is 0 Å². The molecular weight excluding hydrogens is 160 g/mol. The van der Waals surface area contributed by atoms with Crippen molar-refractivity contribution in [2.24, 2.45) is 0 Å². The second-order valence-corrected chi connectivity index (χ2v) is 3.90. The van der Waals surface area contributed by atoms with Crippen LogP contribution in [0.3, 0.4) is 0 Å². The smallest absolute Gasteiger partial charge is 0.155 e. The maximum absolute atomic E-state index is 11.3. The van der Waals surface area contributed by atoms with Crippen LogP contribution in [0.25, 0.3) is 0 Å². The van der Waals surface area contributed by atoms with Crippen molar-refractivity contribution in [3.05, 3.63) is 23.3 Å². The third-order valence-corrected chi connectivity index (χ3v) is 2.43. The summed E-state index contributed by atoms with van der Waals surface area (Å²) >= 11 is 0. The Hall–Kier alpha value is -0.850. The highest BCUT2D eigenvalue weighted by Gasteiger charge is 2.02. The molecule has 0 aromatic rings. The van der Waals surface area contributed by atoms with Gasteiger partial charge < -0.3 is 0 Å². The zero-order valence-electron chi connectivity index (χ0n) is 8.60. The largest absolute Gasteiger partial charge is 0.295 e. The first kappa shape index (κ1) is 10.2. The third-order valence-electron chi connectivity index (χ3n) is 2.43. The first-order chi connectivity index (χ1) is 6.18. The number of hydrogen-bond acceptors (Lipinski definition) is 1. The molecule has 0 radical (unpaired) electrons. The molecule has 0 amide bonds. The molecule has 1 nitrogen and oxygen atoms in total. The van der Waals surface area contributed by atoms with E-state index in [2.05, 4.69) is 13.0 Å². The Balaban J connectivity index is 2.62. The lowest BCUT2D eigenvalue weighted by Gasteiger charge is -2.05. The minimum absolute atomic E-state index is 0.298. The fraction of sp³-hybridized carbons (Fsp3) is 0.583. The molecule has 0 fully saturated rings. The molecular formula is C12H18O. The summed E-state index contributed by atoms with van der Waals surface area (Å²) < 4.78 is 0. The third kappa shape index (κ3) is 4.07. The summed E-state index contributed by atoms with van der Waals surface area (Å²) in [5.41, 5.74) is 2.65. The van der Waals surface area contributed by atoms with E-state index in [0.29, 0.717) is 12.2 Å². The van der Waals surface area contributed by atoms with Crippen molar-refractivity contribution in [2.75, 3.05) is 0 Å². The Morgan fingerprint density at radius 2 is 1.85 bits per heavy atom. The quantitative estimate of drug-likeness (QED) is 0.519. The SMILES string of the molecule is C/C1=C/C(=O)CCC/C(C)=C\CC1. The van der Waals surface area contributed by atoms with Gasteiger partial charge in [-0.25, -0.2) is 0 Å². The van der Waals surface area contributed by atoms with Crippen molar-refractivity contribution < 1.29 is 4.79 Å². The lowest BCUT2D eigenvalue weighted by atomic mass is 10.0. The van der Waals surface area contributed by atoms with Gasteiger partial charge >= 0.3 is 0 Å². The molecule has 0 saturated carbocycles. The topological polar surface area (TPSA) is 17.1 Å². The standard InChI is InChI=1S/C12H18O/c1-10-5-3-7-11(2)9-12(13)8-4-6-10/h5,9H,3-4,6-8H2,1-2H3/b10-5-,11-9-. The van der Waals surface area contributed by atoms with E-state index in [0.717, 1.165) is 25.7 Å². The fourth-order valence-electron chi connectivity index (χ4n) is 1.61. The number of carbonyl (C=O) groups excluding carboxylic acids is 1. The van der Waals surface area contributed by atoms with Crippen molar-refractivity contribution in [1.29, 1.82) is 0 Å². The van der Waals surface area contributed by atoms with Gasteiger partial charge in [0.25, 0.3) is 0 Å². The highest BCUT2D eigenvalue weighted by Crippen LogP contribution is 2.14. The van der Waals surface area contributed by atoms with E-state index in [9.17, 15) is 4.79 Å². The average Bonchev–Trinajstić information content (AvgIpc) is 2.03. The van der Waals surface area contributed by atoms with Gasteiger partial charge in [0, 0.05) is 6.42 Å². The lowest BCUT2D eigenvalue weighted by Crippen LogP contribution is -1.96. The van der Waals surface area contributed by atoms with Crippen LogP contribution >= 0.6 is 0 Å². The van der Waals surface area contributed by atoms with Crippen LogP contribution in [-0.2, 0) is 4.79 Å². The molecule has 72 valence electrons. The second kappa shape index (κ2) is 5.00. The summed E-state index contributed by atoms with van der Waals surface area (Å²) in [4.78, 5) is 11.3. The number of hydrogen-bond donors (Lipinski definition) is 0. The first-order valence-electron chi connectivity index (χ1n) is 5.04. The second-order valence-electron chi connectivity index (χ2n) is 3.90. The summed E-state index contributed by atoms with van der Waals surface area (Å²) in [6, 6.07) is 0. The Morgan fingerprint density at radius 3 is 2.62 bits per heavy atom. The number of carbonyl (C=O) groups is 1. The van der Waals surface area contributed by atoms with Gasteiger partial charge in [0.15, 0.2) is 5.78 Å². The molecule has 1 aliphatic rings. The van der Waals surface area contributed by atoms with E-state index >= 15 is 0 Å². The van der Waals surface area contributed by atoms with E-state index in [4.69, 9.17) is 0 Å². The van der Waals surface area contributed by atoms with Gasteiger partial charge in [-0.15, -0.1) is 0 Å². The van der Waals surface area contributed by atoms with Gasteiger partial charge in [0.1, 0.15) is 0 Å². The van der Waals surface area contributed by atoms with E-state index in [1.807, 2.05) is 13.0 Å². The van der Waals surface area contributed by atoms with Crippen LogP contribution in [0.5, 0.6) is 0 Å². The number of rotatable bonds is 0.